The van der Waals surface area contributed by atoms with Crippen LogP contribution in [-0.2, 0) is 0 Å². The Kier molecular flexibility index (Phi) is 8.64. The molecule has 162 valence electrons. The van der Waals surface area contributed by atoms with E-state index < -0.39 is 5.91 Å². The van der Waals surface area contributed by atoms with Crippen molar-refractivity contribution in [1.29, 1.82) is 0 Å². The molecule has 0 aromatic heterocycles. The first-order chi connectivity index (χ1) is 15.4. The molecule has 10 heteroatoms. The average Bonchev–Trinajstić information content (AvgIpc) is 2.77. The molecule has 3 aromatic carbocycles. The van der Waals surface area contributed by atoms with Crippen LogP contribution in [0.2, 0.25) is 20.1 Å². The minimum Gasteiger partial charge on any atom is -0.267 e. The van der Waals surface area contributed by atoms with Crippen LogP contribution in [0.25, 0.3) is 0 Å². The quantitative estimate of drug-likeness (QED) is 0.251. The minimum atomic E-state index is -0.486. The molecular weight excluding hydrogens is 492 g/mol. The van der Waals surface area contributed by atoms with E-state index in [2.05, 4.69) is 26.0 Å². The molecule has 0 aliphatic carbocycles. The molecule has 0 saturated heterocycles. The molecule has 0 spiro atoms. The number of hydrogen-bond donors (Lipinski definition) is 2. The maximum atomic E-state index is 12.5. The molecule has 0 fully saturated rings. The van der Waals surface area contributed by atoms with Gasteiger partial charge >= 0.3 is 0 Å². The number of hydrogen-bond acceptors (Lipinski definition) is 3. The summed E-state index contributed by atoms with van der Waals surface area (Å²) in [5.41, 5.74) is 6.94. The fourth-order valence-electron chi connectivity index (χ4n) is 2.36. The Hall–Kier alpha value is -2.90. The number of amides is 1. The summed E-state index contributed by atoms with van der Waals surface area (Å²) in [7, 11) is 0. The standard InChI is InChI=1S/C22H15Cl4N5O/c23-17-8-6-15(19(25)10-17)12-27-30-22(29-21(32)14-4-2-1-3-5-14)31-28-13-16-7-9-18(24)11-20(16)26/h1-13H,(H2,29,30,31,32)/b27-12+,28-13+. The Balaban J connectivity index is 1.78. The Morgan fingerprint density at radius 2 is 1.22 bits per heavy atom. The number of aliphatic imine (C=N–C) groups is 1. The third-order valence-corrected chi connectivity index (χ3v) is 5.03. The van der Waals surface area contributed by atoms with Gasteiger partial charge in [0.15, 0.2) is 0 Å². The number of carbonyl (C=O) groups is 1. The number of hydrazone groups is 2. The smallest absolute Gasteiger partial charge is 0.267 e. The van der Waals surface area contributed by atoms with E-state index in [4.69, 9.17) is 46.4 Å². The Labute approximate surface area is 204 Å². The van der Waals surface area contributed by atoms with Crippen LogP contribution < -0.4 is 10.9 Å². The number of guanidine groups is 1. The fraction of sp³-hybridized carbons (Fsp3) is 0. The third kappa shape index (κ3) is 7.07. The second kappa shape index (κ2) is 11.6. The molecule has 3 aromatic rings. The van der Waals surface area contributed by atoms with Crippen molar-refractivity contribution in [3.05, 3.63) is 104 Å². The van der Waals surface area contributed by atoms with E-state index in [1.807, 2.05) is 0 Å². The summed E-state index contributed by atoms with van der Waals surface area (Å²) in [6.07, 6.45) is 2.92. The summed E-state index contributed by atoms with van der Waals surface area (Å²) < 4.78 is 0. The van der Waals surface area contributed by atoms with Crippen molar-refractivity contribution in [2.75, 3.05) is 0 Å². The zero-order valence-electron chi connectivity index (χ0n) is 16.3. The summed E-state index contributed by atoms with van der Waals surface area (Å²) >= 11 is 24.1. The molecule has 3 rings (SSSR count). The van der Waals surface area contributed by atoms with Gasteiger partial charge in [0.2, 0.25) is 5.96 Å². The lowest BCUT2D eigenvalue weighted by Gasteiger charge is -2.05. The highest BCUT2D eigenvalue weighted by molar-refractivity contribution is 6.36. The topological polar surface area (TPSA) is 78.2 Å². The lowest BCUT2D eigenvalue weighted by atomic mass is 10.2. The van der Waals surface area contributed by atoms with Gasteiger partial charge in [0.25, 0.3) is 5.91 Å². The lowest BCUT2D eigenvalue weighted by Crippen LogP contribution is -2.32. The number of halogens is 4. The van der Waals surface area contributed by atoms with E-state index in [0.717, 1.165) is 0 Å². The average molecular weight is 507 g/mol. The van der Waals surface area contributed by atoms with Crippen molar-refractivity contribution >= 4 is 70.7 Å². The van der Waals surface area contributed by atoms with Crippen molar-refractivity contribution in [3.63, 3.8) is 0 Å². The maximum absolute atomic E-state index is 12.5. The van der Waals surface area contributed by atoms with Gasteiger partial charge in [-0.1, -0.05) is 76.7 Å². The summed E-state index contributed by atoms with van der Waals surface area (Å²) in [5, 5.41) is 9.99. The first-order valence-electron chi connectivity index (χ1n) is 9.08. The van der Waals surface area contributed by atoms with E-state index in [1.54, 1.807) is 66.7 Å². The maximum Gasteiger partial charge on any atom is 0.280 e. The SMILES string of the molecule is O=C(N=C(N/N=C/c1ccc(Cl)cc1Cl)N/N=C/c1ccc(Cl)cc1Cl)c1ccccc1. The highest BCUT2D eigenvalue weighted by atomic mass is 35.5. The number of nitrogens with zero attached hydrogens (tertiary/aromatic N) is 3. The highest BCUT2D eigenvalue weighted by Crippen LogP contribution is 2.20. The Morgan fingerprint density at radius 3 is 1.69 bits per heavy atom. The van der Waals surface area contributed by atoms with Crippen LogP contribution in [0, 0.1) is 0 Å². The van der Waals surface area contributed by atoms with Gasteiger partial charge in [0.1, 0.15) is 0 Å². The highest BCUT2D eigenvalue weighted by Gasteiger charge is 2.06. The molecule has 0 aliphatic rings. The molecule has 6 nitrogen and oxygen atoms in total. The van der Waals surface area contributed by atoms with Crippen molar-refractivity contribution in [2.45, 2.75) is 0 Å². The van der Waals surface area contributed by atoms with Crippen LogP contribution in [0.15, 0.2) is 81.9 Å². The van der Waals surface area contributed by atoms with Crippen molar-refractivity contribution in [2.24, 2.45) is 15.2 Å². The monoisotopic (exact) mass is 505 g/mol. The molecule has 2 N–H and O–H groups in total. The van der Waals surface area contributed by atoms with E-state index in [1.165, 1.54) is 12.4 Å². The first kappa shape index (κ1) is 23.8. The molecule has 0 atom stereocenters. The predicted octanol–water partition coefficient (Wildman–Crippen LogP) is 6.04. The Morgan fingerprint density at radius 1 is 0.719 bits per heavy atom. The zero-order chi connectivity index (χ0) is 22.9. The second-order valence-corrected chi connectivity index (χ2v) is 7.89. The van der Waals surface area contributed by atoms with Gasteiger partial charge in [0, 0.05) is 26.7 Å². The van der Waals surface area contributed by atoms with Gasteiger partial charge in [0.05, 0.1) is 22.5 Å². The van der Waals surface area contributed by atoms with Crippen LogP contribution in [-0.4, -0.2) is 24.3 Å². The molecule has 0 aliphatic heterocycles. The van der Waals surface area contributed by atoms with Gasteiger partial charge in [-0.05, 0) is 36.4 Å². The molecule has 1 amide bonds. The van der Waals surface area contributed by atoms with E-state index in [0.29, 0.717) is 36.8 Å². The van der Waals surface area contributed by atoms with E-state index in [9.17, 15) is 4.79 Å². The van der Waals surface area contributed by atoms with Crippen molar-refractivity contribution in [1.82, 2.24) is 10.9 Å². The lowest BCUT2D eigenvalue weighted by molar-refractivity contribution is 0.100. The van der Waals surface area contributed by atoms with Crippen LogP contribution >= 0.6 is 46.4 Å². The summed E-state index contributed by atoms with van der Waals surface area (Å²) in [4.78, 5) is 16.5. The molecular formula is C22H15Cl4N5O. The number of nitrogens with one attached hydrogen (secondary N) is 2. The largest absolute Gasteiger partial charge is 0.280 e. The minimum absolute atomic E-state index is 0.0125. The van der Waals surface area contributed by atoms with Gasteiger partial charge in [-0.2, -0.15) is 15.2 Å². The summed E-state index contributed by atoms with van der Waals surface area (Å²) in [5.74, 6) is -0.499. The van der Waals surface area contributed by atoms with Crippen LogP contribution in [0.3, 0.4) is 0 Å². The van der Waals surface area contributed by atoms with Crippen LogP contribution in [0.5, 0.6) is 0 Å². The van der Waals surface area contributed by atoms with Crippen molar-refractivity contribution < 1.29 is 4.79 Å². The van der Waals surface area contributed by atoms with E-state index >= 15 is 0 Å². The summed E-state index contributed by atoms with van der Waals surface area (Å²) in [6, 6.07) is 18.5. The second-order valence-electron chi connectivity index (χ2n) is 6.20. The number of carbonyl (C=O) groups excluding carboxylic acids is 1. The Bertz CT molecular complexity index is 1130. The van der Waals surface area contributed by atoms with Gasteiger partial charge in [-0.25, -0.2) is 10.9 Å². The zero-order valence-corrected chi connectivity index (χ0v) is 19.3. The van der Waals surface area contributed by atoms with Gasteiger partial charge in [-0.3, -0.25) is 4.79 Å². The van der Waals surface area contributed by atoms with Crippen LogP contribution in [0.1, 0.15) is 21.5 Å². The molecule has 0 saturated carbocycles. The molecule has 0 heterocycles. The van der Waals surface area contributed by atoms with Gasteiger partial charge in [-0.15, -0.1) is 0 Å². The first-order valence-corrected chi connectivity index (χ1v) is 10.6. The molecule has 0 unspecified atom stereocenters. The summed E-state index contributed by atoms with van der Waals surface area (Å²) in [6.45, 7) is 0. The number of benzene rings is 3. The van der Waals surface area contributed by atoms with E-state index in [-0.39, 0.29) is 5.96 Å². The molecule has 0 radical (unpaired) electrons. The van der Waals surface area contributed by atoms with Gasteiger partial charge < -0.3 is 0 Å². The molecule has 0 bridgehead atoms. The molecule has 32 heavy (non-hydrogen) atoms. The fourth-order valence-corrected chi connectivity index (χ4v) is 3.27. The number of rotatable bonds is 5. The van der Waals surface area contributed by atoms with Crippen LogP contribution in [0.4, 0.5) is 0 Å². The normalized spacial score (nSPS) is 11.0. The predicted molar refractivity (Wildman–Crippen MR) is 133 cm³/mol. The van der Waals surface area contributed by atoms with Crippen molar-refractivity contribution in [3.8, 4) is 0 Å². The third-order valence-electron chi connectivity index (χ3n) is 3.91.